The largest absolute Gasteiger partial charge is 0.494 e. The molecule has 0 aliphatic carbocycles. The number of ether oxygens (including phenoxy) is 3. The maximum Gasteiger partial charge on any atom is 0.387 e. The molecule has 0 heterocycles. The van der Waals surface area contributed by atoms with Gasteiger partial charge in [0.2, 0.25) is 0 Å². The van der Waals surface area contributed by atoms with Gasteiger partial charge in [0.15, 0.2) is 6.61 Å². The number of rotatable bonds is 10. The second-order valence-electron chi connectivity index (χ2n) is 5.37. The molecule has 0 saturated carbocycles. The summed E-state index contributed by atoms with van der Waals surface area (Å²) in [4.78, 5) is 11.9. The summed E-state index contributed by atoms with van der Waals surface area (Å²) < 4.78 is 40.0. The second kappa shape index (κ2) is 10.2. The lowest BCUT2D eigenvalue weighted by molar-refractivity contribution is -0.123. The smallest absolute Gasteiger partial charge is 0.387 e. The van der Waals surface area contributed by atoms with Crippen molar-refractivity contribution in [3.63, 3.8) is 0 Å². The van der Waals surface area contributed by atoms with Gasteiger partial charge in [0.25, 0.3) is 5.91 Å². The molecule has 1 amide bonds. The average Bonchev–Trinajstić information content (AvgIpc) is 2.64. The van der Waals surface area contributed by atoms with Crippen LogP contribution in [0.3, 0.4) is 0 Å². The number of hydrogen-bond acceptors (Lipinski definition) is 4. The Bertz CT molecular complexity index is 692. The zero-order valence-corrected chi connectivity index (χ0v) is 14.4. The highest BCUT2D eigenvalue weighted by Gasteiger charge is 2.10. The Labute approximate surface area is 150 Å². The molecule has 0 aromatic heterocycles. The maximum atomic E-state index is 12.4. The van der Waals surface area contributed by atoms with Gasteiger partial charge in [-0.15, -0.1) is 0 Å². The van der Waals surface area contributed by atoms with Gasteiger partial charge >= 0.3 is 6.61 Å². The summed E-state index contributed by atoms with van der Waals surface area (Å²) in [7, 11) is 0. The molecule has 0 atom stereocenters. The Morgan fingerprint density at radius 3 is 2.35 bits per heavy atom. The van der Waals surface area contributed by atoms with Crippen LogP contribution in [0.1, 0.15) is 18.9 Å². The zero-order valence-electron chi connectivity index (χ0n) is 14.4. The molecule has 0 aliphatic heterocycles. The summed E-state index contributed by atoms with van der Waals surface area (Å²) in [5, 5.41) is 2.61. The van der Waals surface area contributed by atoms with Gasteiger partial charge in [-0.2, -0.15) is 8.78 Å². The van der Waals surface area contributed by atoms with Gasteiger partial charge in [0.1, 0.15) is 17.2 Å². The Hall–Kier alpha value is -2.83. The summed E-state index contributed by atoms with van der Waals surface area (Å²) >= 11 is 0. The highest BCUT2D eigenvalue weighted by molar-refractivity contribution is 5.77. The van der Waals surface area contributed by atoms with E-state index in [9.17, 15) is 13.6 Å². The molecule has 26 heavy (non-hydrogen) atoms. The van der Waals surface area contributed by atoms with E-state index >= 15 is 0 Å². The lowest BCUT2D eigenvalue weighted by Gasteiger charge is -2.12. The van der Waals surface area contributed by atoms with Crippen molar-refractivity contribution in [2.24, 2.45) is 0 Å². The van der Waals surface area contributed by atoms with Gasteiger partial charge in [-0.1, -0.05) is 25.1 Å². The molecule has 140 valence electrons. The van der Waals surface area contributed by atoms with Crippen molar-refractivity contribution >= 4 is 5.91 Å². The molecule has 0 spiro atoms. The van der Waals surface area contributed by atoms with E-state index in [4.69, 9.17) is 9.47 Å². The van der Waals surface area contributed by atoms with E-state index < -0.39 is 6.61 Å². The molecule has 2 aromatic carbocycles. The minimum absolute atomic E-state index is 0.0337. The van der Waals surface area contributed by atoms with Crippen LogP contribution in [0.5, 0.6) is 17.2 Å². The fourth-order valence-electron chi connectivity index (χ4n) is 2.11. The number of alkyl halides is 2. The highest BCUT2D eigenvalue weighted by atomic mass is 19.3. The van der Waals surface area contributed by atoms with Gasteiger partial charge in [-0.3, -0.25) is 4.79 Å². The van der Waals surface area contributed by atoms with E-state index in [1.807, 2.05) is 6.92 Å². The predicted molar refractivity (Wildman–Crippen MR) is 92.6 cm³/mol. The monoisotopic (exact) mass is 365 g/mol. The van der Waals surface area contributed by atoms with Gasteiger partial charge in [-0.05, 0) is 36.8 Å². The summed E-state index contributed by atoms with van der Waals surface area (Å²) in [6, 6.07) is 13.2. The minimum atomic E-state index is -2.92. The van der Waals surface area contributed by atoms with Gasteiger partial charge < -0.3 is 19.5 Å². The molecular weight excluding hydrogens is 344 g/mol. The van der Waals surface area contributed by atoms with Crippen molar-refractivity contribution in [1.29, 1.82) is 0 Å². The summed E-state index contributed by atoms with van der Waals surface area (Å²) in [6.45, 7) is -0.380. The number of nitrogens with one attached hydrogen (secondary N) is 1. The molecule has 0 unspecified atom stereocenters. The Balaban J connectivity index is 1.79. The molecule has 2 rings (SSSR count). The topological polar surface area (TPSA) is 56.8 Å². The van der Waals surface area contributed by atoms with Crippen LogP contribution in [-0.2, 0) is 11.3 Å². The van der Waals surface area contributed by atoms with E-state index in [0.29, 0.717) is 17.9 Å². The van der Waals surface area contributed by atoms with E-state index in [1.54, 1.807) is 42.5 Å². The lowest BCUT2D eigenvalue weighted by Crippen LogP contribution is -2.28. The van der Waals surface area contributed by atoms with Crippen molar-refractivity contribution in [2.45, 2.75) is 26.5 Å². The Morgan fingerprint density at radius 2 is 1.69 bits per heavy atom. The quantitative estimate of drug-likeness (QED) is 0.696. The van der Waals surface area contributed by atoms with Crippen molar-refractivity contribution in [1.82, 2.24) is 5.32 Å². The van der Waals surface area contributed by atoms with E-state index in [2.05, 4.69) is 10.1 Å². The third-order valence-corrected chi connectivity index (χ3v) is 3.33. The summed E-state index contributed by atoms with van der Waals surface area (Å²) in [5.74, 6) is 0.930. The van der Waals surface area contributed by atoms with E-state index in [-0.39, 0.29) is 24.8 Å². The fraction of sp³-hybridized carbons (Fsp3) is 0.316. The van der Waals surface area contributed by atoms with Crippen LogP contribution < -0.4 is 19.5 Å². The van der Waals surface area contributed by atoms with E-state index in [0.717, 1.165) is 12.2 Å². The SMILES string of the molecule is CCCOc1ccc(OCC(=O)NCc2ccccc2OC(F)F)cc1. The van der Waals surface area contributed by atoms with Crippen molar-refractivity contribution in [3.8, 4) is 17.2 Å². The Kier molecular flexibility index (Phi) is 7.67. The summed E-state index contributed by atoms with van der Waals surface area (Å²) in [6.07, 6.45) is 0.921. The first kappa shape index (κ1) is 19.5. The molecule has 0 saturated heterocycles. The number of para-hydroxylation sites is 1. The number of carbonyl (C=O) groups excluding carboxylic acids is 1. The standard InChI is InChI=1S/C19H21F2NO4/c1-2-11-24-15-7-9-16(10-8-15)25-13-18(23)22-12-14-5-3-4-6-17(14)26-19(20)21/h3-10,19H,2,11-13H2,1H3,(H,22,23). The molecule has 0 aliphatic rings. The normalized spacial score (nSPS) is 10.5. The first-order valence-corrected chi connectivity index (χ1v) is 8.23. The van der Waals surface area contributed by atoms with Crippen LogP contribution in [0.4, 0.5) is 8.78 Å². The van der Waals surface area contributed by atoms with Crippen LogP contribution in [0.15, 0.2) is 48.5 Å². The number of halogens is 2. The maximum absolute atomic E-state index is 12.4. The molecule has 0 radical (unpaired) electrons. The van der Waals surface area contributed by atoms with Gasteiger partial charge in [0, 0.05) is 12.1 Å². The molecule has 7 heteroatoms. The van der Waals surface area contributed by atoms with Gasteiger partial charge in [-0.25, -0.2) is 0 Å². The molecule has 5 nitrogen and oxygen atoms in total. The second-order valence-corrected chi connectivity index (χ2v) is 5.37. The van der Waals surface area contributed by atoms with Crippen LogP contribution in [0.2, 0.25) is 0 Å². The van der Waals surface area contributed by atoms with E-state index in [1.165, 1.54) is 6.07 Å². The highest BCUT2D eigenvalue weighted by Crippen LogP contribution is 2.20. The van der Waals surface area contributed by atoms with Crippen LogP contribution >= 0.6 is 0 Å². The molecule has 1 N–H and O–H groups in total. The number of hydrogen-bond donors (Lipinski definition) is 1. The fourth-order valence-corrected chi connectivity index (χ4v) is 2.11. The molecule has 0 bridgehead atoms. The third kappa shape index (κ3) is 6.58. The number of benzene rings is 2. The van der Waals surface area contributed by atoms with Gasteiger partial charge in [0.05, 0.1) is 6.61 Å². The minimum Gasteiger partial charge on any atom is -0.494 e. The van der Waals surface area contributed by atoms with Crippen molar-refractivity contribution in [3.05, 3.63) is 54.1 Å². The lowest BCUT2D eigenvalue weighted by atomic mass is 10.2. The molecule has 0 fully saturated rings. The third-order valence-electron chi connectivity index (χ3n) is 3.33. The predicted octanol–water partition coefficient (Wildman–Crippen LogP) is 3.77. The number of amides is 1. The Morgan fingerprint density at radius 1 is 1.04 bits per heavy atom. The van der Waals surface area contributed by atoms with Crippen molar-refractivity contribution in [2.75, 3.05) is 13.2 Å². The first-order valence-electron chi connectivity index (χ1n) is 8.23. The van der Waals surface area contributed by atoms with Crippen LogP contribution in [-0.4, -0.2) is 25.7 Å². The summed E-state index contributed by atoms with van der Waals surface area (Å²) in [5.41, 5.74) is 0.457. The number of carbonyl (C=O) groups is 1. The van der Waals surface area contributed by atoms with Crippen molar-refractivity contribution < 1.29 is 27.8 Å². The van der Waals surface area contributed by atoms with Crippen LogP contribution in [0.25, 0.3) is 0 Å². The zero-order chi connectivity index (χ0) is 18.8. The van der Waals surface area contributed by atoms with Crippen LogP contribution in [0, 0.1) is 0 Å². The average molecular weight is 365 g/mol. The molecular formula is C19H21F2NO4. The first-order chi connectivity index (χ1) is 12.6. The molecule has 2 aromatic rings.